The molecule has 188 valence electrons. The van der Waals surface area contributed by atoms with E-state index < -0.39 is 0 Å². The summed E-state index contributed by atoms with van der Waals surface area (Å²) in [5.41, 5.74) is 6.58. The average molecular weight is 563 g/mol. The molecule has 0 radical (unpaired) electrons. The van der Waals surface area contributed by atoms with Crippen molar-refractivity contribution in [2.75, 3.05) is 0 Å². The van der Waals surface area contributed by atoms with E-state index in [9.17, 15) is 0 Å². The summed E-state index contributed by atoms with van der Waals surface area (Å²) in [7, 11) is 0. The fraction of sp³-hybridized carbons (Fsp3) is 0.147. The van der Waals surface area contributed by atoms with Crippen molar-refractivity contribution in [3.8, 4) is 17.4 Å². The van der Waals surface area contributed by atoms with E-state index in [-0.39, 0.29) is 5.92 Å². The van der Waals surface area contributed by atoms with Crippen LogP contribution in [0.3, 0.4) is 0 Å². The first-order chi connectivity index (χ1) is 18.7. The van der Waals surface area contributed by atoms with Gasteiger partial charge in [-0.1, -0.05) is 78.9 Å². The Morgan fingerprint density at radius 2 is 1.47 bits per heavy atom. The van der Waals surface area contributed by atoms with Gasteiger partial charge in [0.25, 0.3) is 0 Å². The molecular formula is C34H28BrNO2. The number of aromatic nitrogens is 1. The highest BCUT2D eigenvalue weighted by Crippen LogP contribution is 2.47. The Morgan fingerprint density at radius 3 is 2.21 bits per heavy atom. The highest BCUT2D eigenvalue weighted by atomic mass is 79.9. The Balaban J connectivity index is 1.29. The molecule has 4 heteroatoms. The van der Waals surface area contributed by atoms with Gasteiger partial charge >= 0.3 is 0 Å². The summed E-state index contributed by atoms with van der Waals surface area (Å²) in [5.74, 6) is 2.94. The molecule has 0 aliphatic heterocycles. The number of nitrogens with zero attached hydrogens (tertiary/aromatic N) is 1. The van der Waals surface area contributed by atoms with Crippen LogP contribution in [0.15, 0.2) is 126 Å². The number of fused-ring (bicyclic) bond motifs is 1. The lowest BCUT2D eigenvalue weighted by Gasteiger charge is -2.35. The Morgan fingerprint density at radius 1 is 0.737 bits per heavy atom. The third kappa shape index (κ3) is 5.51. The molecule has 0 saturated carbocycles. The molecule has 1 aliphatic carbocycles. The van der Waals surface area contributed by atoms with Crippen molar-refractivity contribution >= 4 is 15.9 Å². The van der Waals surface area contributed by atoms with Gasteiger partial charge in [-0.05, 0) is 92.8 Å². The predicted octanol–water partition coefficient (Wildman–Crippen LogP) is 9.08. The van der Waals surface area contributed by atoms with Crippen molar-refractivity contribution in [1.82, 2.24) is 4.98 Å². The molecule has 0 unspecified atom stereocenters. The third-order valence-corrected chi connectivity index (χ3v) is 7.68. The Bertz CT molecular complexity index is 1490. The number of rotatable bonds is 7. The Hall–Kier alpha value is -3.89. The van der Waals surface area contributed by atoms with Crippen LogP contribution in [0.5, 0.6) is 17.4 Å². The normalized spacial score (nSPS) is 16.4. The van der Waals surface area contributed by atoms with Crippen molar-refractivity contribution in [1.29, 1.82) is 0 Å². The zero-order valence-corrected chi connectivity index (χ0v) is 22.6. The fourth-order valence-electron chi connectivity index (χ4n) is 5.38. The molecule has 1 aromatic heterocycles. The second-order valence-corrected chi connectivity index (χ2v) is 10.6. The third-order valence-electron chi connectivity index (χ3n) is 7.21. The highest BCUT2D eigenvalue weighted by Gasteiger charge is 2.32. The Labute approximate surface area is 232 Å². The van der Waals surface area contributed by atoms with E-state index in [0.717, 1.165) is 28.8 Å². The molecule has 3 nitrogen and oxygen atoms in total. The lowest BCUT2D eigenvalue weighted by atomic mass is 9.69. The smallest absolute Gasteiger partial charge is 0.219 e. The molecule has 0 fully saturated rings. The van der Waals surface area contributed by atoms with Crippen LogP contribution in [0.2, 0.25) is 0 Å². The molecule has 38 heavy (non-hydrogen) atoms. The maximum atomic E-state index is 6.16. The second kappa shape index (κ2) is 11.2. The van der Waals surface area contributed by atoms with E-state index in [1.165, 1.54) is 27.8 Å². The summed E-state index contributed by atoms with van der Waals surface area (Å²) >= 11 is 3.42. The van der Waals surface area contributed by atoms with Crippen molar-refractivity contribution in [2.45, 2.75) is 31.3 Å². The van der Waals surface area contributed by atoms with Gasteiger partial charge in [0.1, 0.15) is 18.1 Å². The molecule has 0 saturated heterocycles. The van der Waals surface area contributed by atoms with Gasteiger partial charge in [0.05, 0.1) is 0 Å². The largest absolute Gasteiger partial charge is 0.489 e. The number of hydrogen-bond acceptors (Lipinski definition) is 3. The summed E-state index contributed by atoms with van der Waals surface area (Å²) in [6.45, 7) is 0.574. The van der Waals surface area contributed by atoms with Crippen molar-refractivity contribution in [2.24, 2.45) is 0 Å². The van der Waals surface area contributed by atoms with Crippen molar-refractivity contribution < 1.29 is 9.47 Å². The van der Waals surface area contributed by atoms with Gasteiger partial charge < -0.3 is 9.47 Å². The van der Waals surface area contributed by atoms with E-state index in [1.54, 1.807) is 6.20 Å². The molecule has 0 amide bonds. The lowest BCUT2D eigenvalue weighted by molar-refractivity contribution is 0.305. The molecule has 4 aromatic carbocycles. The maximum absolute atomic E-state index is 6.16. The summed E-state index contributed by atoms with van der Waals surface area (Å²) in [6, 6.07) is 40.1. The van der Waals surface area contributed by atoms with Crippen LogP contribution in [0.25, 0.3) is 0 Å². The topological polar surface area (TPSA) is 31.4 Å². The van der Waals surface area contributed by atoms with Gasteiger partial charge in [-0.25, -0.2) is 4.98 Å². The monoisotopic (exact) mass is 561 g/mol. The molecular weight excluding hydrogens is 534 g/mol. The molecule has 0 bridgehead atoms. The van der Waals surface area contributed by atoms with Crippen LogP contribution in [0, 0.1) is 0 Å². The quantitative estimate of drug-likeness (QED) is 0.198. The molecule has 1 heterocycles. The van der Waals surface area contributed by atoms with Gasteiger partial charge in [-0.3, -0.25) is 0 Å². The number of benzene rings is 4. The van der Waals surface area contributed by atoms with Gasteiger partial charge in [-0.2, -0.15) is 0 Å². The van der Waals surface area contributed by atoms with Crippen LogP contribution in [0.4, 0.5) is 0 Å². The average Bonchev–Trinajstić information content (AvgIpc) is 2.98. The zero-order chi connectivity index (χ0) is 25.7. The first-order valence-corrected chi connectivity index (χ1v) is 13.8. The van der Waals surface area contributed by atoms with Crippen LogP contribution < -0.4 is 9.47 Å². The molecule has 0 spiro atoms. The molecule has 6 rings (SSSR count). The first kappa shape index (κ1) is 24.4. The number of aryl methyl sites for hydroxylation is 1. The summed E-state index contributed by atoms with van der Waals surface area (Å²) in [4.78, 5) is 4.33. The second-order valence-electron chi connectivity index (χ2n) is 9.65. The first-order valence-electron chi connectivity index (χ1n) is 13.0. The van der Waals surface area contributed by atoms with Gasteiger partial charge in [-0.15, -0.1) is 0 Å². The SMILES string of the molecule is Brc1ccc(Oc2ccc([C@@H]3c4ccc(OCc5ccccc5)cc4CC[C@@H]3c3ccccc3)cc2)nc1. The minimum absolute atomic E-state index is 0.254. The van der Waals surface area contributed by atoms with E-state index in [2.05, 4.69) is 93.7 Å². The molecule has 2 atom stereocenters. The number of pyridine rings is 1. The lowest BCUT2D eigenvalue weighted by Crippen LogP contribution is -2.20. The van der Waals surface area contributed by atoms with Gasteiger partial charge in [0.15, 0.2) is 0 Å². The van der Waals surface area contributed by atoms with Gasteiger partial charge in [0.2, 0.25) is 5.88 Å². The molecule has 5 aromatic rings. The highest BCUT2D eigenvalue weighted by molar-refractivity contribution is 9.10. The van der Waals surface area contributed by atoms with Crippen molar-refractivity contribution in [3.05, 3.63) is 154 Å². The number of ether oxygens (including phenoxy) is 2. The number of hydrogen-bond donors (Lipinski definition) is 0. The molecule has 1 aliphatic rings. The maximum Gasteiger partial charge on any atom is 0.219 e. The number of halogens is 1. The standard InChI is InChI=1S/C34H28BrNO2/c35-28-14-20-33(36-22-28)38-29-15-11-26(12-16-29)34-31(25-9-5-2-6-10-25)18-13-27-21-30(17-19-32(27)34)37-23-24-7-3-1-4-8-24/h1-12,14-17,19-22,31,34H,13,18,23H2/t31-,34+/m1/s1. The van der Waals surface area contributed by atoms with E-state index >= 15 is 0 Å². The molecule has 0 N–H and O–H groups in total. The van der Waals surface area contributed by atoms with Crippen LogP contribution in [0.1, 0.15) is 46.1 Å². The van der Waals surface area contributed by atoms with Crippen LogP contribution in [-0.2, 0) is 13.0 Å². The minimum Gasteiger partial charge on any atom is -0.489 e. The fourth-order valence-corrected chi connectivity index (χ4v) is 5.62. The van der Waals surface area contributed by atoms with Gasteiger partial charge in [0, 0.05) is 22.7 Å². The van der Waals surface area contributed by atoms with E-state index in [1.807, 2.05) is 42.5 Å². The summed E-state index contributed by atoms with van der Waals surface area (Å²) in [6.07, 6.45) is 3.86. The predicted molar refractivity (Wildman–Crippen MR) is 155 cm³/mol. The Kier molecular flexibility index (Phi) is 7.23. The summed E-state index contributed by atoms with van der Waals surface area (Å²) in [5, 5.41) is 0. The minimum atomic E-state index is 0.254. The van der Waals surface area contributed by atoms with E-state index in [4.69, 9.17) is 9.47 Å². The van der Waals surface area contributed by atoms with Crippen molar-refractivity contribution in [3.63, 3.8) is 0 Å². The van der Waals surface area contributed by atoms with Crippen LogP contribution in [-0.4, -0.2) is 4.98 Å². The summed E-state index contributed by atoms with van der Waals surface area (Å²) < 4.78 is 13.1. The van der Waals surface area contributed by atoms with E-state index in [0.29, 0.717) is 18.4 Å². The zero-order valence-electron chi connectivity index (χ0n) is 21.0. The van der Waals surface area contributed by atoms with Crippen LogP contribution >= 0.6 is 15.9 Å².